The van der Waals surface area contributed by atoms with Gasteiger partial charge in [-0.15, -0.1) is 0 Å². The quantitative estimate of drug-likeness (QED) is 0.360. The first-order valence-electron chi connectivity index (χ1n) is 9.21. The molecule has 1 heterocycles. The first-order valence-corrected chi connectivity index (χ1v) is 9.21. The highest BCUT2D eigenvalue weighted by Gasteiger charge is 2.22. The van der Waals surface area contributed by atoms with E-state index in [1.807, 2.05) is 4.90 Å². The molecule has 1 aliphatic rings. The van der Waals surface area contributed by atoms with E-state index < -0.39 is 23.9 Å². The van der Waals surface area contributed by atoms with E-state index in [2.05, 4.69) is 5.32 Å². The summed E-state index contributed by atoms with van der Waals surface area (Å²) in [5.74, 6) is -3.00. The number of Topliss-reactive ketones (excluding diaryl/α,β-unsaturated/α-hetero) is 1. The Morgan fingerprint density at radius 2 is 1.29 bits per heavy atom. The summed E-state index contributed by atoms with van der Waals surface area (Å²) in [6.45, 7) is 3.98. The molecule has 4 N–H and O–H groups in total. The SMILES string of the molecule is CC(=O)CN1CCN(CC(=O)O)CCNC(CC(=O)O)CN(CC(=O)O)CC1. The molecular weight excluding hydrogens is 372 g/mol. The van der Waals surface area contributed by atoms with Gasteiger partial charge in [-0.25, -0.2) is 0 Å². The van der Waals surface area contributed by atoms with Crippen LogP contribution in [0.15, 0.2) is 0 Å². The lowest BCUT2D eigenvalue weighted by Crippen LogP contribution is -2.50. The van der Waals surface area contributed by atoms with Gasteiger partial charge in [-0.2, -0.15) is 0 Å². The van der Waals surface area contributed by atoms with Crippen LogP contribution in [-0.2, 0) is 19.2 Å². The van der Waals surface area contributed by atoms with E-state index in [9.17, 15) is 19.2 Å². The lowest BCUT2D eigenvalue weighted by atomic mass is 10.1. The molecule has 160 valence electrons. The van der Waals surface area contributed by atoms with Crippen LogP contribution in [-0.4, -0.2) is 125 Å². The van der Waals surface area contributed by atoms with Crippen LogP contribution in [0.25, 0.3) is 0 Å². The lowest BCUT2D eigenvalue weighted by Gasteiger charge is -2.32. The summed E-state index contributed by atoms with van der Waals surface area (Å²) >= 11 is 0. The monoisotopic (exact) mass is 402 g/mol. The Balaban J connectivity index is 2.92. The second-order valence-corrected chi connectivity index (χ2v) is 7.03. The molecular formula is C17H30N4O7. The molecule has 0 aromatic heterocycles. The molecule has 0 bridgehead atoms. The van der Waals surface area contributed by atoms with E-state index in [1.165, 1.54) is 6.92 Å². The van der Waals surface area contributed by atoms with Gasteiger partial charge in [0.25, 0.3) is 0 Å². The minimum atomic E-state index is -1.01. The third-order valence-electron chi connectivity index (χ3n) is 4.39. The molecule has 0 radical (unpaired) electrons. The van der Waals surface area contributed by atoms with E-state index in [-0.39, 0.29) is 38.4 Å². The van der Waals surface area contributed by atoms with Crippen molar-refractivity contribution in [1.29, 1.82) is 0 Å². The fraction of sp³-hybridized carbons (Fsp3) is 0.765. The third kappa shape index (κ3) is 10.9. The van der Waals surface area contributed by atoms with Crippen molar-refractivity contribution >= 4 is 23.7 Å². The Labute approximate surface area is 163 Å². The number of nitrogens with one attached hydrogen (secondary N) is 1. The third-order valence-corrected chi connectivity index (χ3v) is 4.39. The van der Waals surface area contributed by atoms with Crippen LogP contribution in [0.4, 0.5) is 0 Å². The van der Waals surface area contributed by atoms with E-state index in [0.29, 0.717) is 39.3 Å². The zero-order chi connectivity index (χ0) is 21.1. The Morgan fingerprint density at radius 1 is 0.786 bits per heavy atom. The number of rotatable bonds is 8. The summed E-state index contributed by atoms with van der Waals surface area (Å²) in [4.78, 5) is 50.2. The second kappa shape index (κ2) is 12.4. The number of aliphatic carboxylic acids is 3. The standard InChI is InChI=1S/C17H30N4O7/c1-13(22)9-20-5-4-19(11-16(25)26)3-2-18-14(8-15(23)24)10-21(7-6-20)12-17(27)28/h14,18H,2-12H2,1H3,(H,23,24)(H,25,26)(H,27,28). The van der Waals surface area contributed by atoms with Gasteiger partial charge >= 0.3 is 17.9 Å². The number of ketones is 1. The van der Waals surface area contributed by atoms with Gasteiger partial charge in [0.15, 0.2) is 0 Å². The number of carboxylic acid groups (broad SMARTS) is 3. The Morgan fingerprint density at radius 3 is 1.79 bits per heavy atom. The van der Waals surface area contributed by atoms with Crippen molar-refractivity contribution < 1.29 is 34.5 Å². The van der Waals surface area contributed by atoms with Crippen LogP contribution in [0.3, 0.4) is 0 Å². The second-order valence-electron chi connectivity index (χ2n) is 7.03. The van der Waals surface area contributed by atoms with E-state index in [1.54, 1.807) is 9.80 Å². The van der Waals surface area contributed by atoms with Gasteiger partial charge < -0.3 is 20.6 Å². The molecule has 1 fully saturated rings. The molecule has 0 amide bonds. The van der Waals surface area contributed by atoms with Crippen molar-refractivity contribution in [3.63, 3.8) is 0 Å². The predicted molar refractivity (Wildman–Crippen MR) is 99.3 cm³/mol. The van der Waals surface area contributed by atoms with Crippen LogP contribution in [0, 0.1) is 0 Å². The molecule has 0 saturated carbocycles. The smallest absolute Gasteiger partial charge is 0.317 e. The van der Waals surface area contributed by atoms with E-state index >= 15 is 0 Å². The fourth-order valence-corrected chi connectivity index (χ4v) is 3.19. The Bertz CT molecular complexity index is 558. The van der Waals surface area contributed by atoms with Crippen molar-refractivity contribution in [2.45, 2.75) is 19.4 Å². The molecule has 0 aliphatic carbocycles. The maximum absolute atomic E-state index is 11.5. The number of carbonyl (C=O) groups excluding carboxylic acids is 1. The number of nitrogens with zero attached hydrogens (tertiary/aromatic N) is 3. The van der Waals surface area contributed by atoms with Crippen molar-refractivity contribution in [2.75, 3.05) is 65.4 Å². The highest BCUT2D eigenvalue weighted by atomic mass is 16.4. The average Bonchev–Trinajstić information content (AvgIpc) is 2.53. The summed E-state index contributed by atoms with van der Waals surface area (Å²) in [5, 5.41) is 30.5. The maximum Gasteiger partial charge on any atom is 0.317 e. The summed E-state index contributed by atoms with van der Waals surface area (Å²) in [7, 11) is 0. The van der Waals surface area contributed by atoms with Gasteiger partial charge in [-0.3, -0.25) is 33.9 Å². The molecule has 28 heavy (non-hydrogen) atoms. The largest absolute Gasteiger partial charge is 0.481 e. The normalized spacial score (nSPS) is 21.4. The number of hydrogen-bond acceptors (Lipinski definition) is 8. The highest BCUT2D eigenvalue weighted by molar-refractivity contribution is 5.77. The van der Waals surface area contributed by atoms with Crippen LogP contribution < -0.4 is 5.32 Å². The average molecular weight is 402 g/mol. The molecule has 1 aliphatic heterocycles. The molecule has 1 atom stereocenters. The molecule has 0 aromatic rings. The van der Waals surface area contributed by atoms with Crippen LogP contribution in [0.2, 0.25) is 0 Å². The van der Waals surface area contributed by atoms with Crippen molar-refractivity contribution in [3.05, 3.63) is 0 Å². The molecule has 0 spiro atoms. The van der Waals surface area contributed by atoms with Crippen molar-refractivity contribution in [3.8, 4) is 0 Å². The summed E-state index contributed by atoms with van der Waals surface area (Å²) in [6, 6.07) is -0.468. The molecule has 1 saturated heterocycles. The maximum atomic E-state index is 11.5. The van der Waals surface area contributed by atoms with Crippen molar-refractivity contribution in [2.24, 2.45) is 0 Å². The van der Waals surface area contributed by atoms with Gasteiger partial charge in [0.2, 0.25) is 0 Å². The summed E-state index contributed by atoms with van der Waals surface area (Å²) in [6.07, 6.45) is -0.174. The van der Waals surface area contributed by atoms with Gasteiger partial charge in [-0.1, -0.05) is 0 Å². The first-order chi connectivity index (χ1) is 13.2. The van der Waals surface area contributed by atoms with Gasteiger partial charge in [0.1, 0.15) is 5.78 Å². The number of carbonyl (C=O) groups is 4. The Hall–Kier alpha value is -2.08. The summed E-state index contributed by atoms with van der Waals surface area (Å²) < 4.78 is 0. The lowest BCUT2D eigenvalue weighted by molar-refractivity contribution is -0.139. The Kier molecular flexibility index (Phi) is 10.6. The number of carboxylic acids is 3. The number of hydrogen-bond donors (Lipinski definition) is 4. The van der Waals surface area contributed by atoms with E-state index in [4.69, 9.17) is 15.3 Å². The molecule has 1 unspecified atom stereocenters. The van der Waals surface area contributed by atoms with E-state index in [0.717, 1.165) is 0 Å². The molecule has 11 heteroatoms. The topological polar surface area (TPSA) is 151 Å². The predicted octanol–water partition coefficient (Wildman–Crippen LogP) is -1.90. The summed E-state index contributed by atoms with van der Waals surface area (Å²) in [5.41, 5.74) is 0. The van der Waals surface area contributed by atoms with Crippen LogP contribution >= 0.6 is 0 Å². The van der Waals surface area contributed by atoms with Crippen LogP contribution in [0.1, 0.15) is 13.3 Å². The zero-order valence-electron chi connectivity index (χ0n) is 16.2. The zero-order valence-corrected chi connectivity index (χ0v) is 16.2. The highest BCUT2D eigenvalue weighted by Crippen LogP contribution is 2.03. The first kappa shape index (κ1) is 24.0. The van der Waals surface area contributed by atoms with Gasteiger partial charge in [0.05, 0.1) is 26.1 Å². The fourth-order valence-electron chi connectivity index (χ4n) is 3.19. The van der Waals surface area contributed by atoms with Gasteiger partial charge in [-0.05, 0) is 6.92 Å². The van der Waals surface area contributed by atoms with Crippen LogP contribution in [0.5, 0.6) is 0 Å². The van der Waals surface area contributed by atoms with Crippen molar-refractivity contribution in [1.82, 2.24) is 20.0 Å². The minimum absolute atomic E-state index is 0.0351. The minimum Gasteiger partial charge on any atom is -0.481 e. The molecule has 1 rings (SSSR count). The molecule has 0 aromatic carbocycles. The van der Waals surface area contributed by atoms with Gasteiger partial charge in [0, 0.05) is 51.9 Å². The molecule has 11 nitrogen and oxygen atoms in total.